The first-order valence-corrected chi connectivity index (χ1v) is 8.34. The highest BCUT2D eigenvalue weighted by molar-refractivity contribution is 5.94. The lowest BCUT2D eigenvalue weighted by atomic mass is 10.1. The van der Waals surface area contributed by atoms with Gasteiger partial charge in [-0.15, -0.1) is 0 Å². The molecule has 0 aromatic heterocycles. The van der Waals surface area contributed by atoms with Gasteiger partial charge in [-0.3, -0.25) is 4.79 Å². The number of fused-ring (bicyclic) bond motifs is 1. The van der Waals surface area contributed by atoms with E-state index < -0.39 is 0 Å². The first-order valence-electron chi connectivity index (χ1n) is 8.34. The van der Waals surface area contributed by atoms with Gasteiger partial charge in [0.25, 0.3) is 0 Å². The summed E-state index contributed by atoms with van der Waals surface area (Å²) in [5.41, 5.74) is 2.46. The summed E-state index contributed by atoms with van der Waals surface area (Å²) in [4.78, 5) is 14.3. The Morgan fingerprint density at radius 1 is 1.24 bits per heavy atom. The van der Waals surface area contributed by atoms with Crippen LogP contribution in [-0.2, 0) is 11.2 Å². The smallest absolute Gasteiger partial charge is 0.226 e. The number of unbranched alkanes of at least 4 members (excludes halogenated alkanes) is 1. The Hall–Kier alpha value is -1.35. The highest BCUT2D eigenvalue weighted by Gasteiger charge is 2.21. The van der Waals surface area contributed by atoms with Crippen molar-refractivity contribution in [2.75, 3.05) is 18.0 Å². The fourth-order valence-corrected chi connectivity index (χ4v) is 3.10. The zero-order valence-electron chi connectivity index (χ0n) is 13.4. The molecule has 1 N–H and O–H groups in total. The predicted molar refractivity (Wildman–Crippen MR) is 88.7 cm³/mol. The van der Waals surface area contributed by atoms with Gasteiger partial charge in [0.1, 0.15) is 0 Å². The SMILES string of the molecule is CCNC(C)CCCCN1C(=O)CCCc2ccccc21. The molecule has 1 aliphatic heterocycles. The molecule has 0 bridgehead atoms. The molecular formula is C18H28N2O. The van der Waals surface area contributed by atoms with E-state index in [-0.39, 0.29) is 0 Å². The van der Waals surface area contributed by atoms with Crippen LogP contribution in [0, 0.1) is 0 Å². The van der Waals surface area contributed by atoms with E-state index in [0.717, 1.165) is 38.0 Å². The predicted octanol–water partition coefficient (Wildman–Crippen LogP) is 3.52. The number of carbonyl (C=O) groups excluding carboxylic acids is 1. The first kappa shape index (κ1) is 16.0. The van der Waals surface area contributed by atoms with E-state index in [1.54, 1.807) is 0 Å². The van der Waals surface area contributed by atoms with Gasteiger partial charge in [-0.25, -0.2) is 0 Å². The number of carbonyl (C=O) groups is 1. The van der Waals surface area contributed by atoms with E-state index in [2.05, 4.69) is 37.4 Å². The minimum Gasteiger partial charge on any atom is -0.315 e. The third-order valence-corrected chi connectivity index (χ3v) is 4.24. The summed E-state index contributed by atoms with van der Waals surface area (Å²) in [5.74, 6) is 0.291. The summed E-state index contributed by atoms with van der Waals surface area (Å²) in [6.45, 7) is 6.26. The Morgan fingerprint density at radius 3 is 2.86 bits per heavy atom. The van der Waals surface area contributed by atoms with Crippen LogP contribution in [0.1, 0.15) is 51.5 Å². The third-order valence-electron chi connectivity index (χ3n) is 4.24. The molecule has 116 valence electrons. The second kappa shape index (κ2) is 8.18. The van der Waals surface area contributed by atoms with Crippen molar-refractivity contribution in [1.82, 2.24) is 5.32 Å². The van der Waals surface area contributed by atoms with Gasteiger partial charge in [-0.1, -0.05) is 31.5 Å². The number of aryl methyl sites for hydroxylation is 1. The lowest BCUT2D eigenvalue weighted by Crippen LogP contribution is -2.31. The average molecular weight is 288 g/mol. The first-order chi connectivity index (χ1) is 10.2. The van der Waals surface area contributed by atoms with Crippen molar-refractivity contribution in [2.45, 2.75) is 58.4 Å². The van der Waals surface area contributed by atoms with Crippen LogP contribution in [-0.4, -0.2) is 25.0 Å². The van der Waals surface area contributed by atoms with E-state index in [1.807, 2.05) is 11.0 Å². The number of hydrogen-bond donors (Lipinski definition) is 1. The molecule has 21 heavy (non-hydrogen) atoms. The van der Waals surface area contributed by atoms with Gasteiger partial charge in [0, 0.05) is 24.7 Å². The third kappa shape index (κ3) is 4.57. The van der Waals surface area contributed by atoms with Crippen molar-refractivity contribution >= 4 is 11.6 Å². The maximum absolute atomic E-state index is 12.3. The molecule has 1 unspecified atom stereocenters. The van der Waals surface area contributed by atoms with E-state index in [0.29, 0.717) is 18.4 Å². The molecule has 1 amide bonds. The zero-order chi connectivity index (χ0) is 15.1. The molecule has 1 atom stereocenters. The molecule has 1 aromatic carbocycles. The topological polar surface area (TPSA) is 32.3 Å². The van der Waals surface area contributed by atoms with Crippen molar-refractivity contribution in [3.05, 3.63) is 29.8 Å². The zero-order valence-corrected chi connectivity index (χ0v) is 13.4. The lowest BCUT2D eigenvalue weighted by Gasteiger charge is -2.23. The summed E-state index contributed by atoms with van der Waals surface area (Å²) >= 11 is 0. The van der Waals surface area contributed by atoms with Gasteiger partial charge in [-0.05, 0) is 50.8 Å². The standard InChI is InChI=1S/C18H28N2O/c1-3-19-15(2)9-6-7-14-20-17-12-5-4-10-16(17)11-8-13-18(20)21/h4-5,10,12,15,19H,3,6-9,11,13-14H2,1-2H3. The van der Waals surface area contributed by atoms with Crippen molar-refractivity contribution in [3.63, 3.8) is 0 Å². The van der Waals surface area contributed by atoms with Crippen molar-refractivity contribution in [2.24, 2.45) is 0 Å². The number of amides is 1. The van der Waals surface area contributed by atoms with Crippen molar-refractivity contribution in [3.8, 4) is 0 Å². The summed E-state index contributed by atoms with van der Waals surface area (Å²) < 4.78 is 0. The van der Waals surface area contributed by atoms with Gasteiger partial charge < -0.3 is 10.2 Å². The number of rotatable bonds is 7. The minimum atomic E-state index is 0.291. The number of anilines is 1. The van der Waals surface area contributed by atoms with Crippen LogP contribution >= 0.6 is 0 Å². The molecule has 0 fully saturated rings. The van der Waals surface area contributed by atoms with Gasteiger partial charge >= 0.3 is 0 Å². The maximum Gasteiger partial charge on any atom is 0.226 e. The fraction of sp³-hybridized carbons (Fsp3) is 0.611. The summed E-state index contributed by atoms with van der Waals surface area (Å²) in [5, 5.41) is 3.44. The van der Waals surface area contributed by atoms with E-state index in [4.69, 9.17) is 0 Å². The van der Waals surface area contributed by atoms with Crippen LogP contribution in [0.4, 0.5) is 5.69 Å². The Kier molecular flexibility index (Phi) is 6.24. The summed E-state index contributed by atoms with van der Waals surface area (Å²) in [6.07, 6.45) is 6.11. The minimum absolute atomic E-state index is 0.291. The molecule has 3 heteroatoms. The van der Waals surface area contributed by atoms with Crippen LogP contribution in [0.15, 0.2) is 24.3 Å². The van der Waals surface area contributed by atoms with Gasteiger partial charge in [0.15, 0.2) is 0 Å². The molecule has 0 spiro atoms. The molecule has 1 aliphatic rings. The Labute approximate surface area is 128 Å². The molecular weight excluding hydrogens is 260 g/mol. The van der Waals surface area contributed by atoms with E-state index in [1.165, 1.54) is 18.4 Å². The second-order valence-electron chi connectivity index (χ2n) is 5.98. The van der Waals surface area contributed by atoms with Crippen LogP contribution < -0.4 is 10.2 Å². The van der Waals surface area contributed by atoms with Crippen LogP contribution in [0.5, 0.6) is 0 Å². The summed E-state index contributed by atoms with van der Waals surface area (Å²) in [6, 6.07) is 8.94. The molecule has 3 nitrogen and oxygen atoms in total. The normalized spacial score (nSPS) is 16.5. The van der Waals surface area contributed by atoms with Crippen molar-refractivity contribution in [1.29, 1.82) is 0 Å². The monoisotopic (exact) mass is 288 g/mol. The van der Waals surface area contributed by atoms with E-state index >= 15 is 0 Å². The number of para-hydroxylation sites is 1. The average Bonchev–Trinajstić information content (AvgIpc) is 2.63. The molecule has 0 radical (unpaired) electrons. The molecule has 0 aliphatic carbocycles. The lowest BCUT2D eigenvalue weighted by molar-refractivity contribution is -0.118. The van der Waals surface area contributed by atoms with Crippen molar-refractivity contribution < 1.29 is 4.79 Å². The highest BCUT2D eigenvalue weighted by Crippen LogP contribution is 2.27. The van der Waals surface area contributed by atoms with Gasteiger partial charge in [0.05, 0.1) is 0 Å². The molecule has 0 saturated carbocycles. The summed E-state index contributed by atoms with van der Waals surface area (Å²) in [7, 11) is 0. The molecule has 0 saturated heterocycles. The number of hydrogen-bond acceptors (Lipinski definition) is 2. The highest BCUT2D eigenvalue weighted by atomic mass is 16.2. The maximum atomic E-state index is 12.3. The number of benzene rings is 1. The number of nitrogens with one attached hydrogen (secondary N) is 1. The molecule has 1 heterocycles. The van der Waals surface area contributed by atoms with Gasteiger partial charge in [0.2, 0.25) is 5.91 Å². The van der Waals surface area contributed by atoms with Crippen LogP contribution in [0.25, 0.3) is 0 Å². The van der Waals surface area contributed by atoms with Crippen LogP contribution in [0.2, 0.25) is 0 Å². The van der Waals surface area contributed by atoms with E-state index in [9.17, 15) is 4.79 Å². The number of nitrogens with zero attached hydrogens (tertiary/aromatic N) is 1. The van der Waals surface area contributed by atoms with Crippen LogP contribution in [0.3, 0.4) is 0 Å². The fourth-order valence-electron chi connectivity index (χ4n) is 3.10. The molecule has 2 rings (SSSR count). The molecule has 1 aromatic rings. The Bertz CT molecular complexity index is 458. The van der Waals surface area contributed by atoms with Gasteiger partial charge in [-0.2, -0.15) is 0 Å². The largest absolute Gasteiger partial charge is 0.315 e. The second-order valence-corrected chi connectivity index (χ2v) is 5.98. The Balaban J connectivity index is 1.90. The quantitative estimate of drug-likeness (QED) is 0.779. The Morgan fingerprint density at radius 2 is 2.05 bits per heavy atom.